The lowest BCUT2D eigenvalue weighted by Gasteiger charge is -2.19. The molecule has 0 spiro atoms. The maximum absolute atomic E-state index is 13.4. The Balaban J connectivity index is 2.48. The van der Waals surface area contributed by atoms with Crippen LogP contribution in [0.1, 0.15) is 28.3 Å². The van der Waals surface area contributed by atoms with Crippen LogP contribution in [0.2, 0.25) is 0 Å². The maximum atomic E-state index is 13.4. The Morgan fingerprint density at radius 3 is 2.21 bits per heavy atom. The van der Waals surface area contributed by atoms with Crippen molar-refractivity contribution in [3.05, 3.63) is 68.9 Å². The molecule has 0 amide bonds. The molecule has 0 aliphatic heterocycles. The van der Waals surface area contributed by atoms with Gasteiger partial charge >= 0.3 is 0 Å². The highest BCUT2D eigenvalue weighted by molar-refractivity contribution is 9.10. The highest BCUT2D eigenvalue weighted by Crippen LogP contribution is 2.28. The fraction of sp³-hybridized carbons (Fsp3) is 0.250. The minimum atomic E-state index is -0.205. The maximum Gasteiger partial charge on any atom is 0.123 e. The zero-order valence-corrected chi connectivity index (χ0v) is 12.9. The van der Waals surface area contributed by atoms with Gasteiger partial charge in [0.25, 0.3) is 0 Å². The Morgan fingerprint density at radius 1 is 1.05 bits per heavy atom. The van der Waals surface area contributed by atoms with Crippen LogP contribution in [-0.4, -0.2) is 7.05 Å². The summed E-state index contributed by atoms with van der Waals surface area (Å²) in [4.78, 5) is 0. The summed E-state index contributed by atoms with van der Waals surface area (Å²) in [7, 11) is 1.89. The minimum absolute atomic E-state index is 0.00111. The molecule has 19 heavy (non-hydrogen) atoms. The Kier molecular flexibility index (Phi) is 4.38. The van der Waals surface area contributed by atoms with E-state index in [1.807, 2.05) is 13.1 Å². The molecule has 0 saturated heterocycles. The average Bonchev–Trinajstić information content (AvgIpc) is 2.37. The number of halogens is 2. The van der Waals surface area contributed by atoms with Gasteiger partial charge in [-0.25, -0.2) is 4.39 Å². The van der Waals surface area contributed by atoms with E-state index >= 15 is 0 Å². The van der Waals surface area contributed by atoms with Crippen molar-refractivity contribution in [2.75, 3.05) is 7.05 Å². The number of aryl methyl sites for hydroxylation is 2. The zero-order chi connectivity index (χ0) is 14.0. The second kappa shape index (κ2) is 5.85. The fourth-order valence-electron chi connectivity index (χ4n) is 2.36. The van der Waals surface area contributed by atoms with Gasteiger partial charge in [-0.15, -0.1) is 0 Å². The summed E-state index contributed by atoms with van der Waals surface area (Å²) in [5.74, 6) is -0.205. The topological polar surface area (TPSA) is 12.0 Å². The first-order valence-electron chi connectivity index (χ1n) is 6.22. The van der Waals surface area contributed by atoms with E-state index < -0.39 is 0 Å². The van der Waals surface area contributed by atoms with Gasteiger partial charge in [0.05, 0.1) is 6.04 Å². The van der Waals surface area contributed by atoms with Crippen molar-refractivity contribution in [3.8, 4) is 0 Å². The van der Waals surface area contributed by atoms with E-state index in [1.165, 1.54) is 17.2 Å². The summed E-state index contributed by atoms with van der Waals surface area (Å²) in [6.45, 7) is 4.14. The van der Waals surface area contributed by atoms with Crippen LogP contribution in [0, 0.1) is 19.7 Å². The first kappa shape index (κ1) is 14.2. The molecule has 100 valence electrons. The Bertz CT molecular complexity index is 572. The fourth-order valence-corrected chi connectivity index (χ4v) is 2.59. The molecule has 0 aromatic heterocycles. The van der Waals surface area contributed by atoms with Crippen molar-refractivity contribution < 1.29 is 4.39 Å². The molecule has 0 aliphatic carbocycles. The van der Waals surface area contributed by atoms with Crippen molar-refractivity contribution >= 4 is 15.9 Å². The summed E-state index contributed by atoms with van der Waals surface area (Å²) >= 11 is 3.57. The van der Waals surface area contributed by atoms with E-state index in [0.29, 0.717) is 0 Å². The predicted molar refractivity (Wildman–Crippen MR) is 80.9 cm³/mol. The van der Waals surface area contributed by atoms with E-state index in [2.05, 4.69) is 47.2 Å². The normalized spacial score (nSPS) is 12.5. The first-order valence-corrected chi connectivity index (χ1v) is 7.01. The molecule has 0 bridgehead atoms. The second-order valence-corrected chi connectivity index (χ2v) is 5.54. The van der Waals surface area contributed by atoms with Gasteiger partial charge in [0.15, 0.2) is 0 Å². The molecule has 2 rings (SSSR count). The van der Waals surface area contributed by atoms with Gasteiger partial charge < -0.3 is 5.32 Å². The molecule has 3 heteroatoms. The number of rotatable bonds is 3. The summed E-state index contributed by atoms with van der Waals surface area (Å²) in [6, 6.07) is 11.0. The summed E-state index contributed by atoms with van der Waals surface area (Å²) in [6.07, 6.45) is 0. The van der Waals surface area contributed by atoms with Crippen LogP contribution in [0.3, 0.4) is 0 Å². The monoisotopic (exact) mass is 321 g/mol. The van der Waals surface area contributed by atoms with Gasteiger partial charge in [-0.1, -0.05) is 40.2 Å². The summed E-state index contributed by atoms with van der Waals surface area (Å²) < 4.78 is 14.5. The molecule has 0 saturated carbocycles. The lowest BCUT2D eigenvalue weighted by Crippen LogP contribution is -2.18. The Morgan fingerprint density at radius 2 is 1.68 bits per heavy atom. The second-order valence-electron chi connectivity index (χ2n) is 4.75. The lowest BCUT2D eigenvalue weighted by atomic mass is 9.96. The molecule has 1 atom stereocenters. The van der Waals surface area contributed by atoms with Crippen LogP contribution in [0.25, 0.3) is 0 Å². The summed E-state index contributed by atoms with van der Waals surface area (Å²) in [5.41, 5.74) is 4.45. The SMILES string of the molecule is CNC(c1cccc(F)c1)c1cc(C)c(Br)c(C)c1. The van der Waals surface area contributed by atoms with Crippen molar-refractivity contribution in [2.24, 2.45) is 0 Å². The third kappa shape index (κ3) is 3.04. The van der Waals surface area contributed by atoms with E-state index in [1.54, 1.807) is 12.1 Å². The summed E-state index contributed by atoms with van der Waals surface area (Å²) in [5, 5.41) is 3.25. The molecule has 2 aromatic rings. The largest absolute Gasteiger partial charge is 0.309 e. The molecule has 0 fully saturated rings. The highest BCUT2D eigenvalue weighted by Gasteiger charge is 2.14. The van der Waals surface area contributed by atoms with E-state index in [-0.39, 0.29) is 11.9 Å². The van der Waals surface area contributed by atoms with Gasteiger partial charge in [0.2, 0.25) is 0 Å². The van der Waals surface area contributed by atoms with E-state index in [0.717, 1.165) is 15.6 Å². The molecule has 2 aromatic carbocycles. The van der Waals surface area contributed by atoms with E-state index in [9.17, 15) is 4.39 Å². The van der Waals surface area contributed by atoms with Crippen molar-refractivity contribution in [1.82, 2.24) is 5.32 Å². The number of hydrogen-bond donors (Lipinski definition) is 1. The molecular weight excluding hydrogens is 305 g/mol. The Hall–Kier alpha value is -1.19. The minimum Gasteiger partial charge on any atom is -0.309 e. The van der Waals surface area contributed by atoms with Crippen LogP contribution in [0.5, 0.6) is 0 Å². The Labute approximate surface area is 122 Å². The third-order valence-corrected chi connectivity index (χ3v) is 4.51. The van der Waals surface area contributed by atoms with Crippen molar-refractivity contribution in [3.63, 3.8) is 0 Å². The molecule has 0 heterocycles. The van der Waals surface area contributed by atoms with Gasteiger partial charge in [-0.2, -0.15) is 0 Å². The smallest absolute Gasteiger partial charge is 0.123 e. The van der Waals surface area contributed by atoms with Crippen LogP contribution in [0.15, 0.2) is 40.9 Å². The third-order valence-electron chi connectivity index (χ3n) is 3.26. The number of benzene rings is 2. The molecule has 1 nitrogen and oxygen atoms in total. The molecular formula is C16H17BrFN. The van der Waals surface area contributed by atoms with Crippen molar-refractivity contribution in [2.45, 2.75) is 19.9 Å². The van der Waals surface area contributed by atoms with E-state index in [4.69, 9.17) is 0 Å². The van der Waals surface area contributed by atoms with Gasteiger partial charge in [0.1, 0.15) is 5.82 Å². The molecule has 1 unspecified atom stereocenters. The molecule has 0 radical (unpaired) electrons. The quantitative estimate of drug-likeness (QED) is 0.876. The van der Waals surface area contributed by atoms with Gasteiger partial charge in [-0.05, 0) is 55.3 Å². The number of hydrogen-bond acceptors (Lipinski definition) is 1. The van der Waals surface area contributed by atoms with Crippen LogP contribution in [-0.2, 0) is 0 Å². The van der Waals surface area contributed by atoms with Gasteiger partial charge in [0, 0.05) is 4.47 Å². The number of nitrogens with one attached hydrogen (secondary N) is 1. The van der Waals surface area contributed by atoms with Crippen molar-refractivity contribution in [1.29, 1.82) is 0 Å². The van der Waals surface area contributed by atoms with Crippen LogP contribution < -0.4 is 5.32 Å². The standard InChI is InChI=1S/C16H17BrFN/c1-10-7-13(8-11(2)15(10)17)16(19-3)12-5-4-6-14(18)9-12/h4-9,16,19H,1-3H3. The lowest BCUT2D eigenvalue weighted by molar-refractivity contribution is 0.616. The predicted octanol–water partition coefficient (Wildman–Crippen LogP) is 4.51. The highest BCUT2D eigenvalue weighted by atomic mass is 79.9. The molecule has 0 aliphatic rings. The zero-order valence-electron chi connectivity index (χ0n) is 11.3. The first-order chi connectivity index (χ1) is 9.02. The van der Waals surface area contributed by atoms with Crippen LogP contribution in [0.4, 0.5) is 4.39 Å². The van der Waals surface area contributed by atoms with Gasteiger partial charge in [-0.3, -0.25) is 0 Å². The average molecular weight is 322 g/mol. The molecule has 1 N–H and O–H groups in total. The van der Waals surface area contributed by atoms with Crippen LogP contribution >= 0.6 is 15.9 Å².